The van der Waals surface area contributed by atoms with Gasteiger partial charge < -0.3 is 4.84 Å². The number of halogens is 2. The fraction of sp³-hybridized carbons (Fsp3) is 0.300. The van der Waals surface area contributed by atoms with E-state index < -0.39 is 11.6 Å². The summed E-state index contributed by atoms with van der Waals surface area (Å²) < 4.78 is 25.7. The van der Waals surface area contributed by atoms with E-state index in [2.05, 4.69) is 5.16 Å². The summed E-state index contributed by atoms with van der Waals surface area (Å²) in [6.45, 7) is 1.84. The van der Waals surface area contributed by atoms with Gasteiger partial charge in [0.15, 0.2) is 11.6 Å². The maximum atomic E-state index is 13.0. The van der Waals surface area contributed by atoms with Gasteiger partial charge in [-0.3, -0.25) is 0 Å². The quantitative estimate of drug-likeness (QED) is 0.539. The minimum absolute atomic E-state index is 0.0555. The highest BCUT2D eigenvalue weighted by Gasteiger charge is 2.06. The molecule has 0 amide bonds. The highest BCUT2D eigenvalue weighted by molar-refractivity contribution is 5.55. The average molecular weight is 199 g/mol. The summed E-state index contributed by atoms with van der Waals surface area (Å²) in [4.78, 5) is 4.76. The number of nitrogens with zero attached hydrogens (tertiary/aromatic N) is 1. The molecular formula is C10H11F2NO. The van der Waals surface area contributed by atoms with Crippen molar-refractivity contribution in [1.29, 1.82) is 0 Å². The normalized spacial score (nSPS) is 10.8. The van der Waals surface area contributed by atoms with Crippen LogP contribution in [0.3, 0.4) is 0 Å². The van der Waals surface area contributed by atoms with Crippen molar-refractivity contribution in [2.45, 2.75) is 20.0 Å². The van der Waals surface area contributed by atoms with E-state index in [4.69, 9.17) is 4.84 Å². The van der Waals surface area contributed by atoms with Crippen molar-refractivity contribution in [1.82, 2.24) is 0 Å². The Labute approximate surface area is 81.2 Å². The molecule has 4 heteroatoms. The Morgan fingerprint density at radius 1 is 1.43 bits per heavy atom. The number of oxime groups is 1. The van der Waals surface area contributed by atoms with Crippen LogP contribution in [-0.4, -0.2) is 6.21 Å². The highest BCUT2D eigenvalue weighted by Crippen LogP contribution is 2.12. The van der Waals surface area contributed by atoms with Crippen molar-refractivity contribution in [2.75, 3.05) is 0 Å². The SMILES string of the molecule is CCC=NOCc1cccc(F)c1F. The molecule has 1 rings (SSSR count). The monoisotopic (exact) mass is 199 g/mol. The fourth-order valence-corrected chi connectivity index (χ4v) is 0.894. The molecule has 0 fully saturated rings. The van der Waals surface area contributed by atoms with Gasteiger partial charge >= 0.3 is 0 Å². The molecule has 0 aliphatic rings. The third kappa shape index (κ3) is 2.80. The Bertz CT molecular complexity index is 326. The van der Waals surface area contributed by atoms with Crippen molar-refractivity contribution in [2.24, 2.45) is 5.16 Å². The molecule has 0 unspecified atom stereocenters. The molecule has 76 valence electrons. The smallest absolute Gasteiger partial charge is 0.165 e. The summed E-state index contributed by atoms with van der Waals surface area (Å²) in [5.74, 6) is -1.75. The lowest BCUT2D eigenvalue weighted by atomic mass is 10.2. The second-order valence-electron chi connectivity index (χ2n) is 2.68. The van der Waals surface area contributed by atoms with Crippen LogP contribution in [0.5, 0.6) is 0 Å². The van der Waals surface area contributed by atoms with E-state index in [-0.39, 0.29) is 12.2 Å². The molecule has 0 atom stereocenters. The Kier molecular flexibility index (Phi) is 4.04. The van der Waals surface area contributed by atoms with E-state index in [0.717, 1.165) is 12.5 Å². The molecule has 0 spiro atoms. The Morgan fingerprint density at radius 2 is 2.21 bits per heavy atom. The van der Waals surface area contributed by atoms with Crippen molar-refractivity contribution in [3.63, 3.8) is 0 Å². The number of rotatable bonds is 4. The lowest BCUT2D eigenvalue weighted by Crippen LogP contribution is -1.95. The summed E-state index contributed by atoms with van der Waals surface area (Å²) in [6.07, 6.45) is 2.29. The standard InChI is InChI=1S/C10H11F2NO/c1-2-6-13-14-7-8-4-3-5-9(11)10(8)12/h3-6H,2,7H2,1H3. The highest BCUT2D eigenvalue weighted by atomic mass is 19.2. The number of benzene rings is 1. The van der Waals surface area contributed by atoms with Crippen LogP contribution < -0.4 is 0 Å². The minimum Gasteiger partial charge on any atom is -0.391 e. The van der Waals surface area contributed by atoms with E-state index >= 15 is 0 Å². The van der Waals surface area contributed by atoms with Crippen molar-refractivity contribution in [3.05, 3.63) is 35.4 Å². The zero-order chi connectivity index (χ0) is 10.4. The molecule has 0 heterocycles. The molecule has 0 bridgehead atoms. The van der Waals surface area contributed by atoms with Gasteiger partial charge in [-0.05, 0) is 12.5 Å². The molecule has 0 N–H and O–H groups in total. The third-order valence-electron chi connectivity index (χ3n) is 1.58. The first-order valence-corrected chi connectivity index (χ1v) is 4.32. The van der Waals surface area contributed by atoms with E-state index in [1.165, 1.54) is 12.1 Å². The van der Waals surface area contributed by atoms with Crippen LogP contribution in [0.25, 0.3) is 0 Å². The number of hydrogen-bond acceptors (Lipinski definition) is 2. The van der Waals surface area contributed by atoms with Crippen LogP contribution in [0, 0.1) is 11.6 Å². The summed E-state index contributed by atoms with van der Waals surface area (Å²) in [6, 6.07) is 3.95. The van der Waals surface area contributed by atoms with Crippen LogP contribution >= 0.6 is 0 Å². The Morgan fingerprint density at radius 3 is 2.93 bits per heavy atom. The molecule has 2 nitrogen and oxygen atoms in total. The van der Waals surface area contributed by atoms with Gasteiger partial charge in [0.25, 0.3) is 0 Å². The van der Waals surface area contributed by atoms with Crippen LogP contribution in [0.1, 0.15) is 18.9 Å². The van der Waals surface area contributed by atoms with Gasteiger partial charge in [-0.1, -0.05) is 24.2 Å². The molecule has 0 saturated heterocycles. The zero-order valence-electron chi connectivity index (χ0n) is 7.84. The molecule has 0 radical (unpaired) electrons. The second-order valence-corrected chi connectivity index (χ2v) is 2.68. The first-order chi connectivity index (χ1) is 6.75. The number of hydrogen-bond donors (Lipinski definition) is 0. The van der Waals surface area contributed by atoms with Gasteiger partial charge in [-0.25, -0.2) is 8.78 Å². The van der Waals surface area contributed by atoms with Crippen molar-refractivity contribution < 1.29 is 13.6 Å². The van der Waals surface area contributed by atoms with Crippen LogP contribution in [0.2, 0.25) is 0 Å². The zero-order valence-corrected chi connectivity index (χ0v) is 7.84. The minimum atomic E-state index is -0.876. The van der Waals surface area contributed by atoms with Gasteiger partial charge in [0, 0.05) is 11.8 Å². The van der Waals surface area contributed by atoms with E-state index in [1.807, 2.05) is 6.92 Å². The molecule has 14 heavy (non-hydrogen) atoms. The topological polar surface area (TPSA) is 21.6 Å². The first-order valence-electron chi connectivity index (χ1n) is 4.32. The molecule has 0 aromatic heterocycles. The lowest BCUT2D eigenvalue weighted by Gasteiger charge is -2.01. The Hall–Kier alpha value is -1.45. The Balaban J connectivity index is 2.59. The lowest BCUT2D eigenvalue weighted by molar-refractivity contribution is 0.128. The van der Waals surface area contributed by atoms with Gasteiger partial charge in [-0.15, -0.1) is 0 Å². The molecule has 1 aromatic carbocycles. The molecule has 1 aromatic rings. The average Bonchev–Trinajstić information content (AvgIpc) is 2.19. The van der Waals surface area contributed by atoms with E-state index in [9.17, 15) is 8.78 Å². The molecule has 0 aliphatic carbocycles. The van der Waals surface area contributed by atoms with Crippen molar-refractivity contribution in [3.8, 4) is 0 Å². The largest absolute Gasteiger partial charge is 0.391 e. The third-order valence-corrected chi connectivity index (χ3v) is 1.58. The van der Waals surface area contributed by atoms with Crippen molar-refractivity contribution >= 4 is 6.21 Å². The predicted molar refractivity (Wildman–Crippen MR) is 49.9 cm³/mol. The van der Waals surface area contributed by atoms with Gasteiger partial charge in [0.1, 0.15) is 6.61 Å². The maximum Gasteiger partial charge on any atom is 0.165 e. The van der Waals surface area contributed by atoms with E-state index in [1.54, 1.807) is 6.21 Å². The van der Waals surface area contributed by atoms with Crippen LogP contribution in [0.15, 0.2) is 23.4 Å². The van der Waals surface area contributed by atoms with Gasteiger partial charge in [0.2, 0.25) is 0 Å². The fourth-order valence-electron chi connectivity index (χ4n) is 0.894. The predicted octanol–water partition coefficient (Wildman–Crippen LogP) is 2.88. The second kappa shape index (κ2) is 5.32. The molecule has 0 saturated carbocycles. The van der Waals surface area contributed by atoms with E-state index in [0.29, 0.717) is 0 Å². The molecular weight excluding hydrogens is 188 g/mol. The molecule has 0 aliphatic heterocycles. The van der Waals surface area contributed by atoms with Gasteiger partial charge in [0.05, 0.1) is 0 Å². The summed E-state index contributed by atoms with van der Waals surface area (Å²) >= 11 is 0. The summed E-state index contributed by atoms with van der Waals surface area (Å²) in [5, 5.41) is 3.54. The summed E-state index contributed by atoms with van der Waals surface area (Å²) in [5.41, 5.74) is 0.165. The van der Waals surface area contributed by atoms with Crippen LogP contribution in [-0.2, 0) is 11.4 Å². The summed E-state index contributed by atoms with van der Waals surface area (Å²) in [7, 11) is 0. The van der Waals surface area contributed by atoms with Crippen LogP contribution in [0.4, 0.5) is 8.78 Å². The first kappa shape index (κ1) is 10.6. The maximum absolute atomic E-state index is 13.0. The van der Waals surface area contributed by atoms with Gasteiger partial charge in [-0.2, -0.15) is 0 Å².